The van der Waals surface area contributed by atoms with E-state index in [1.165, 1.54) is 12.5 Å². The van der Waals surface area contributed by atoms with Crippen LogP contribution in [0.4, 0.5) is 0 Å². The fourth-order valence-electron chi connectivity index (χ4n) is 6.06. The number of carbonyl (C=O) groups excluding carboxylic acids is 1. The van der Waals surface area contributed by atoms with Crippen molar-refractivity contribution in [2.24, 2.45) is 28.6 Å². The molecule has 4 nitrogen and oxygen atoms in total. The first kappa shape index (κ1) is 16.9. The number of aliphatic hydroxyl groups is 2. The van der Waals surface area contributed by atoms with Crippen molar-refractivity contribution >= 4 is 5.97 Å². The SMILES string of the molecule is CC(=O)OC1C=C2CC(O)C=C[C@]2(C)[C@@H]2CC[C@]3(C)C(O)=CC[C@H]3[C@H]12. The molecule has 136 valence electrons. The van der Waals surface area contributed by atoms with Crippen LogP contribution in [0.1, 0.15) is 46.5 Å². The third kappa shape index (κ3) is 2.33. The third-order valence-electron chi connectivity index (χ3n) is 7.48. The maximum atomic E-state index is 11.7. The number of rotatable bonds is 1. The predicted molar refractivity (Wildman–Crippen MR) is 94.6 cm³/mol. The van der Waals surface area contributed by atoms with Crippen molar-refractivity contribution in [1.82, 2.24) is 0 Å². The molecule has 0 saturated heterocycles. The fourth-order valence-corrected chi connectivity index (χ4v) is 6.06. The minimum Gasteiger partial charge on any atom is -0.512 e. The summed E-state index contributed by atoms with van der Waals surface area (Å²) in [4.78, 5) is 11.7. The summed E-state index contributed by atoms with van der Waals surface area (Å²) in [7, 11) is 0. The lowest BCUT2D eigenvalue weighted by molar-refractivity contribution is -0.154. The highest BCUT2D eigenvalue weighted by Gasteiger charge is 2.59. The first-order valence-corrected chi connectivity index (χ1v) is 9.41. The molecule has 0 heterocycles. The highest BCUT2D eigenvalue weighted by atomic mass is 16.5. The van der Waals surface area contributed by atoms with Crippen LogP contribution >= 0.6 is 0 Å². The van der Waals surface area contributed by atoms with Crippen LogP contribution in [0, 0.1) is 28.6 Å². The molecule has 0 aromatic carbocycles. The molecule has 0 spiro atoms. The van der Waals surface area contributed by atoms with E-state index in [0.717, 1.165) is 19.3 Å². The molecule has 0 aliphatic heterocycles. The van der Waals surface area contributed by atoms with Gasteiger partial charge in [0.2, 0.25) is 0 Å². The number of esters is 1. The van der Waals surface area contributed by atoms with Crippen LogP contribution < -0.4 is 0 Å². The molecule has 0 aromatic heterocycles. The van der Waals surface area contributed by atoms with Crippen LogP contribution in [0.3, 0.4) is 0 Å². The predicted octanol–water partition coefficient (Wildman–Crippen LogP) is 3.68. The van der Waals surface area contributed by atoms with Gasteiger partial charge in [-0.05, 0) is 49.7 Å². The van der Waals surface area contributed by atoms with Crippen molar-refractivity contribution in [1.29, 1.82) is 0 Å². The lowest BCUT2D eigenvalue weighted by Crippen LogP contribution is -2.54. The maximum absolute atomic E-state index is 11.7. The van der Waals surface area contributed by atoms with Gasteiger partial charge in [-0.1, -0.05) is 31.6 Å². The van der Waals surface area contributed by atoms with E-state index in [1.807, 2.05) is 12.2 Å². The van der Waals surface area contributed by atoms with E-state index >= 15 is 0 Å². The zero-order valence-electron chi connectivity index (χ0n) is 15.2. The van der Waals surface area contributed by atoms with E-state index in [1.54, 1.807) is 0 Å². The Balaban J connectivity index is 1.79. The second-order valence-electron chi connectivity index (χ2n) is 8.75. The minimum absolute atomic E-state index is 0.0971. The molecule has 1 saturated carbocycles. The first-order valence-electron chi connectivity index (χ1n) is 9.41. The molecule has 4 rings (SSSR count). The average Bonchev–Trinajstić information content (AvgIpc) is 2.84. The van der Waals surface area contributed by atoms with E-state index in [4.69, 9.17) is 4.74 Å². The molecular formula is C21H28O4. The standard InChI is InChI=1S/C21H28O4/c1-12(22)25-17-11-13-10-14(23)6-8-20(13,2)16-7-9-21(3)15(19(16)17)4-5-18(21)24/h5-6,8,11,14-17,19,23-24H,4,7,9-10H2,1-3H3/t14?,15-,16+,17?,19-,20-,21-/m0/s1. The Morgan fingerprint density at radius 2 is 2.08 bits per heavy atom. The Kier molecular flexibility index (Phi) is 3.70. The number of hydrogen-bond donors (Lipinski definition) is 2. The molecule has 4 aliphatic rings. The lowest BCUT2D eigenvalue weighted by Gasteiger charge is -2.57. The second-order valence-corrected chi connectivity index (χ2v) is 8.75. The Labute approximate surface area is 149 Å². The van der Waals surface area contributed by atoms with Gasteiger partial charge in [-0.25, -0.2) is 0 Å². The summed E-state index contributed by atoms with van der Waals surface area (Å²) in [5.74, 6) is 1.08. The molecule has 7 atom stereocenters. The van der Waals surface area contributed by atoms with Gasteiger partial charge in [0.05, 0.1) is 11.9 Å². The summed E-state index contributed by atoms with van der Waals surface area (Å²) in [5, 5.41) is 20.5. The molecule has 0 amide bonds. The Morgan fingerprint density at radius 3 is 2.80 bits per heavy atom. The van der Waals surface area contributed by atoms with Crippen molar-refractivity contribution in [3.63, 3.8) is 0 Å². The molecule has 0 radical (unpaired) electrons. The molecular weight excluding hydrogens is 316 g/mol. The largest absolute Gasteiger partial charge is 0.512 e. The van der Waals surface area contributed by atoms with E-state index in [-0.39, 0.29) is 34.7 Å². The molecule has 1 fully saturated rings. The van der Waals surface area contributed by atoms with Crippen molar-refractivity contribution < 1.29 is 19.7 Å². The number of allylic oxidation sites excluding steroid dienone is 3. The van der Waals surface area contributed by atoms with Gasteiger partial charge in [0.15, 0.2) is 0 Å². The number of ether oxygens (including phenoxy) is 1. The van der Waals surface area contributed by atoms with Gasteiger partial charge in [0.25, 0.3) is 0 Å². The van der Waals surface area contributed by atoms with Crippen LogP contribution in [0.5, 0.6) is 0 Å². The maximum Gasteiger partial charge on any atom is 0.303 e. The fraction of sp³-hybridized carbons (Fsp3) is 0.667. The van der Waals surface area contributed by atoms with Gasteiger partial charge in [-0.3, -0.25) is 4.79 Å². The molecule has 2 N–H and O–H groups in total. The van der Waals surface area contributed by atoms with Crippen LogP contribution in [0.2, 0.25) is 0 Å². The zero-order chi connectivity index (χ0) is 18.0. The van der Waals surface area contributed by atoms with Crippen molar-refractivity contribution in [3.05, 3.63) is 35.6 Å². The van der Waals surface area contributed by atoms with Crippen LogP contribution in [0.25, 0.3) is 0 Å². The van der Waals surface area contributed by atoms with Crippen LogP contribution in [0.15, 0.2) is 35.6 Å². The summed E-state index contributed by atoms with van der Waals surface area (Å²) < 4.78 is 5.75. The number of hydrogen-bond acceptors (Lipinski definition) is 4. The van der Waals surface area contributed by atoms with Gasteiger partial charge in [-0.15, -0.1) is 0 Å². The molecule has 4 aliphatic carbocycles. The van der Waals surface area contributed by atoms with Gasteiger partial charge in [0.1, 0.15) is 6.10 Å². The first-order chi connectivity index (χ1) is 11.8. The number of aliphatic hydroxyl groups excluding tert-OH is 2. The smallest absolute Gasteiger partial charge is 0.303 e. The minimum atomic E-state index is -0.458. The van der Waals surface area contributed by atoms with E-state index < -0.39 is 6.10 Å². The van der Waals surface area contributed by atoms with Gasteiger partial charge >= 0.3 is 5.97 Å². The number of carbonyl (C=O) groups is 1. The van der Waals surface area contributed by atoms with Crippen LogP contribution in [-0.2, 0) is 9.53 Å². The summed E-state index contributed by atoms with van der Waals surface area (Å²) in [6.45, 7) is 5.87. The zero-order valence-corrected chi connectivity index (χ0v) is 15.2. The average molecular weight is 344 g/mol. The number of fused-ring (bicyclic) bond motifs is 5. The normalized spacial score (nSPS) is 47.9. The quantitative estimate of drug-likeness (QED) is 0.562. The molecule has 2 unspecified atom stereocenters. The lowest BCUT2D eigenvalue weighted by atomic mass is 9.48. The molecule has 25 heavy (non-hydrogen) atoms. The van der Waals surface area contributed by atoms with Crippen molar-refractivity contribution in [2.45, 2.75) is 58.7 Å². The molecule has 0 aromatic rings. The third-order valence-corrected chi connectivity index (χ3v) is 7.48. The molecule has 0 bridgehead atoms. The summed E-state index contributed by atoms with van der Waals surface area (Å²) >= 11 is 0. The van der Waals surface area contributed by atoms with Crippen molar-refractivity contribution in [3.8, 4) is 0 Å². The Hall–Kier alpha value is -1.55. The Bertz CT molecular complexity index is 690. The second kappa shape index (κ2) is 5.47. The highest BCUT2D eigenvalue weighted by molar-refractivity contribution is 5.66. The topological polar surface area (TPSA) is 66.8 Å². The van der Waals surface area contributed by atoms with Gasteiger partial charge in [0, 0.05) is 23.7 Å². The van der Waals surface area contributed by atoms with E-state index in [9.17, 15) is 15.0 Å². The Morgan fingerprint density at radius 1 is 1.32 bits per heavy atom. The summed E-state index contributed by atoms with van der Waals surface area (Å²) in [6.07, 6.45) is 10.8. The molecule has 4 heteroatoms. The van der Waals surface area contributed by atoms with Crippen molar-refractivity contribution in [2.75, 3.05) is 0 Å². The van der Waals surface area contributed by atoms with E-state index in [0.29, 0.717) is 18.1 Å². The highest BCUT2D eigenvalue weighted by Crippen LogP contribution is 2.64. The van der Waals surface area contributed by atoms with Crippen LogP contribution in [-0.4, -0.2) is 28.4 Å². The van der Waals surface area contributed by atoms with Gasteiger partial charge < -0.3 is 14.9 Å². The summed E-state index contributed by atoms with van der Waals surface area (Å²) in [5.41, 5.74) is 0.882. The van der Waals surface area contributed by atoms with Gasteiger partial charge in [-0.2, -0.15) is 0 Å². The monoisotopic (exact) mass is 344 g/mol. The summed E-state index contributed by atoms with van der Waals surface area (Å²) in [6, 6.07) is 0. The van der Waals surface area contributed by atoms with E-state index in [2.05, 4.69) is 26.0 Å².